The Labute approximate surface area is 124 Å². The predicted molar refractivity (Wildman–Crippen MR) is 75.2 cm³/mol. The number of hydrogen-bond acceptors (Lipinski definition) is 4. The normalized spacial score (nSPS) is 14.0. The van der Waals surface area contributed by atoms with E-state index in [9.17, 15) is 24.2 Å². The standard InChI is InChI=1S/C15H13FN2O4/c16-10-3-1-9(2-4-10)7-18-6-5-17-8-11(19)13(20)14(21)12(17)15(18)22/h1-4,8,19,21H,5-7H2. The molecular weight excluding hydrogens is 291 g/mol. The van der Waals surface area contributed by atoms with E-state index >= 15 is 0 Å². The van der Waals surface area contributed by atoms with Gasteiger partial charge < -0.3 is 19.7 Å². The summed E-state index contributed by atoms with van der Waals surface area (Å²) in [4.78, 5) is 25.4. The zero-order valence-electron chi connectivity index (χ0n) is 11.5. The average Bonchev–Trinajstić information content (AvgIpc) is 2.50. The van der Waals surface area contributed by atoms with Crippen LogP contribution in [0.2, 0.25) is 0 Å². The van der Waals surface area contributed by atoms with Crippen LogP contribution < -0.4 is 5.43 Å². The van der Waals surface area contributed by atoms with Gasteiger partial charge in [0, 0.05) is 19.6 Å². The van der Waals surface area contributed by atoms with Crippen molar-refractivity contribution in [3.8, 4) is 11.5 Å². The SMILES string of the molecule is O=C1c2c(O)c(=O)c(O)cn2CCN1Cc1ccc(F)cc1. The summed E-state index contributed by atoms with van der Waals surface area (Å²) in [6.07, 6.45) is 1.14. The van der Waals surface area contributed by atoms with Gasteiger partial charge in [0.2, 0.25) is 0 Å². The van der Waals surface area contributed by atoms with E-state index in [1.165, 1.54) is 21.6 Å². The van der Waals surface area contributed by atoms with Crippen LogP contribution in [0.5, 0.6) is 11.5 Å². The van der Waals surface area contributed by atoms with Gasteiger partial charge in [0.05, 0.1) is 6.20 Å². The Morgan fingerprint density at radius 2 is 1.77 bits per heavy atom. The van der Waals surface area contributed by atoms with Gasteiger partial charge in [-0.05, 0) is 17.7 Å². The lowest BCUT2D eigenvalue weighted by Gasteiger charge is -2.30. The summed E-state index contributed by atoms with van der Waals surface area (Å²) in [5, 5.41) is 19.2. The van der Waals surface area contributed by atoms with E-state index < -0.39 is 22.8 Å². The van der Waals surface area contributed by atoms with Crippen molar-refractivity contribution in [2.75, 3.05) is 6.54 Å². The minimum atomic E-state index is -0.969. The van der Waals surface area contributed by atoms with E-state index in [2.05, 4.69) is 0 Å². The molecule has 6 nitrogen and oxygen atoms in total. The van der Waals surface area contributed by atoms with Gasteiger partial charge in [-0.3, -0.25) is 9.59 Å². The summed E-state index contributed by atoms with van der Waals surface area (Å²) >= 11 is 0. The Morgan fingerprint density at radius 3 is 2.45 bits per heavy atom. The molecule has 7 heteroatoms. The molecule has 0 bridgehead atoms. The molecule has 1 aromatic heterocycles. The highest BCUT2D eigenvalue weighted by atomic mass is 19.1. The number of fused-ring (bicyclic) bond motifs is 1. The molecular formula is C15H13FN2O4. The second-order valence-corrected chi connectivity index (χ2v) is 5.09. The number of amides is 1. The van der Waals surface area contributed by atoms with Crippen molar-refractivity contribution in [1.82, 2.24) is 9.47 Å². The zero-order chi connectivity index (χ0) is 15.9. The van der Waals surface area contributed by atoms with Crippen molar-refractivity contribution in [2.45, 2.75) is 13.1 Å². The first-order valence-electron chi connectivity index (χ1n) is 6.66. The zero-order valence-corrected chi connectivity index (χ0v) is 11.5. The summed E-state index contributed by atoms with van der Waals surface area (Å²) in [7, 11) is 0. The largest absolute Gasteiger partial charge is 0.503 e. The number of carbonyl (C=O) groups excluding carboxylic acids is 1. The van der Waals surface area contributed by atoms with Gasteiger partial charge in [-0.25, -0.2) is 4.39 Å². The van der Waals surface area contributed by atoms with E-state index in [0.29, 0.717) is 13.1 Å². The van der Waals surface area contributed by atoms with Crippen molar-refractivity contribution >= 4 is 5.91 Å². The maximum atomic E-state index is 12.9. The molecule has 0 atom stereocenters. The number of benzene rings is 1. The highest BCUT2D eigenvalue weighted by molar-refractivity contribution is 5.95. The summed E-state index contributed by atoms with van der Waals surface area (Å²) in [5.41, 5.74) is -0.372. The highest BCUT2D eigenvalue weighted by Crippen LogP contribution is 2.23. The molecule has 1 amide bonds. The predicted octanol–water partition coefficient (Wildman–Crippen LogP) is 1.05. The highest BCUT2D eigenvalue weighted by Gasteiger charge is 2.29. The number of aromatic hydroxyl groups is 2. The molecule has 1 aromatic carbocycles. The first-order valence-corrected chi connectivity index (χ1v) is 6.66. The van der Waals surface area contributed by atoms with Crippen LogP contribution in [0.4, 0.5) is 4.39 Å². The fourth-order valence-electron chi connectivity index (χ4n) is 2.48. The second kappa shape index (κ2) is 5.18. The van der Waals surface area contributed by atoms with Gasteiger partial charge in [0.15, 0.2) is 17.2 Å². The maximum absolute atomic E-state index is 12.9. The van der Waals surface area contributed by atoms with Crippen LogP contribution in [0.25, 0.3) is 0 Å². The summed E-state index contributed by atoms with van der Waals surface area (Å²) in [6.45, 7) is 0.933. The smallest absolute Gasteiger partial charge is 0.274 e. The molecule has 3 rings (SSSR count). The van der Waals surface area contributed by atoms with Gasteiger partial charge >= 0.3 is 0 Å². The van der Waals surface area contributed by atoms with E-state index in [1.807, 2.05) is 0 Å². The minimum Gasteiger partial charge on any atom is -0.503 e. The number of halogens is 1. The van der Waals surface area contributed by atoms with Crippen molar-refractivity contribution in [3.05, 3.63) is 57.8 Å². The molecule has 0 spiro atoms. The number of aromatic nitrogens is 1. The molecule has 0 saturated heterocycles. The minimum absolute atomic E-state index is 0.142. The summed E-state index contributed by atoms with van der Waals surface area (Å²) in [5.74, 6) is -2.22. The third-order valence-corrected chi connectivity index (χ3v) is 3.62. The van der Waals surface area contributed by atoms with Gasteiger partial charge in [-0.15, -0.1) is 0 Å². The molecule has 114 valence electrons. The van der Waals surface area contributed by atoms with Crippen LogP contribution in [-0.2, 0) is 13.1 Å². The lowest BCUT2D eigenvalue weighted by molar-refractivity contribution is 0.0682. The van der Waals surface area contributed by atoms with E-state index in [-0.39, 0.29) is 18.1 Å². The molecule has 0 saturated carbocycles. The summed E-state index contributed by atoms with van der Waals surface area (Å²) in [6, 6.07) is 5.75. The Morgan fingerprint density at radius 1 is 1.09 bits per heavy atom. The fraction of sp³-hybridized carbons (Fsp3) is 0.200. The van der Waals surface area contributed by atoms with Crippen LogP contribution in [0.1, 0.15) is 16.1 Å². The number of rotatable bonds is 2. The molecule has 22 heavy (non-hydrogen) atoms. The average molecular weight is 304 g/mol. The van der Waals surface area contributed by atoms with Crippen LogP contribution in [-0.4, -0.2) is 32.1 Å². The molecule has 1 aliphatic heterocycles. The summed E-state index contributed by atoms with van der Waals surface area (Å²) < 4.78 is 14.3. The Balaban J connectivity index is 1.93. The van der Waals surface area contributed by atoms with Crippen LogP contribution in [0.3, 0.4) is 0 Å². The van der Waals surface area contributed by atoms with E-state index in [0.717, 1.165) is 11.8 Å². The first-order chi connectivity index (χ1) is 10.5. The second-order valence-electron chi connectivity index (χ2n) is 5.09. The van der Waals surface area contributed by atoms with Gasteiger partial charge in [0.25, 0.3) is 11.3 Å². The van der Waals surface area contributed by atoms with E-state index in [1.54, 1.807) is 12.1 Å². The molecule has 0 fully saturated rings. The Kier molecular flexibility index (Phi) is 3.32. The third-order valence-electron chi connectivity index (χ3n) is 3.62. The fourth-order valence-corrected chi connectivity index (χ4v) is 2.48. The number of hydrogen-bond donors (Lipinski definition) is 2. The Bertz CT molecular complexity index is 798. The quantitative estimate of drug-likeness (QED) is 0.869. The van der Waals surface area contributed by atoms with Crippen LogP contribution >= 0.6 is 0 Å². The number of carbonyl (C=O) groups is 1. The number of nitrogens with zero attached hydrogens (tertiary/aromatic N) is 2. The van der Waals surface area contributed by atoms with E-state index in [4.69, 9.17) is 0 Å². The first kappa shape index (κ1) is 14.1. The molecule has 0 aliphatic carbocycles. The van der Waals surface area contributed by atoms with Crippen molar-refractivity contribution in [2.24, 2.45) is 0 Å². The van der Waals surface area contributed by atoms with Crippen molar-refractivity contribution in [1.29, 1.82) is 0 Å². The third kappa shape index (κ3) is 2.30. The lowest BCUT2D eigenvalue weighted by Crippen LogP contribution is -2.41. The van der Waals surface area contributed by atoms with Gasteiger partial charge in [-0.1, -0.05) is 12.1 Å². The molecule has 2 heterocycles. The monoisotopic (exact) mass is 304 g/mol. The lowest BCUT2D eigenvalue weighted by atomic mass is 10.1. The van der Waals surface area contributed by atoms with Crippen LogP contribution in [0.15, 0.2) is 35.3 Å². The van der Waals surface area contributed by atoms with Crippen LogP contribution in [0, 0.1) is 5.82 Å². The van der Waals surface area contributed by atoms with Crippen molar-refractivity contribution in [3.63, 3.8) is 0 Å². The molecule has 0 radical (unpaired) electrons. The van der Waals surface area contributed by atoms with Gasteiger partial charge in [-0.2, -0.15) is 0 Å². The van der Waals surface area contributed by atoms with Gasteiger partial charge in [0.1, 0.15) is 5.82 Å². The molecule has 0 unspecified atom stereocenters. The molecule has 2 N–H and O–H groups in total. The molecule has 1 aliphatic rings. The topological polar surface area (TPSA) is 82.8 Å². The number of pyridine rings is 1. The molecule has 2 aromatic rings. The van der Waals surface area contributed by atoms with Crippen molar-refractivity contribution < 1.29 is 19.4 Å². The Hall–Kier alpha value is -2.83. The maximum Gasteiger partial charge on any atom is 0.274 e.